The van der Waals surface area contributed by atoms with Crippen molar-refractivity contribution in [2.24, 2.45) is 16.9 Å². The number of nitrogens with zero attached hydrogens (tertiary/aromatic N) is 2. The first-order chi connectivity index (χ1) is 5.81. The van der Waals surface area contributed by atoms with Crippen molar-refractivity contribution in [2.75, 3.05) is 13.6 Å². The molecule has 0 radical (unpaired) electrons. The summed E-state index contributed by atoms with van der Waals surface area (Å²) in [6.45, 7) is 3.18. The van der Waals surface area contributed by atoms with E-state index in [9.17, 15) is 0 Å². The van der Waals surface area contributed by atoms with Crippen LogP contribution in [0.4, 0.5) is 0 Å². The van der Waals surface area contributed by atoms with E-state index >= 15 is 0 Å². The molecule has 2 rings (SSSR count). The van der Waals surface area contributed by atoms with Gasteiger partial charge >= 0.3 is 0 Å². The number of hydrogen-bond acceptors (Lipinski definition) is 2. The first-order valence-corrected chi connectivity index (χ1v) is 5.09. The van der Waals surface area contributed by atoms with E-state index in [2.05, 4.69) is 24.1 Å². The van der Waals surface area contributed by atoms with Gasteiger partial charge in [0.05, 0.1) is 0 Å². The molecule has 2 aliphatic rings. The second-order valence-corrected chi connectivity index (χ2v) is 4.06. The first kappa shape index (κ1) is 8.09. The standard InChI is InChI=1S/C10H18N2/c1-3-12(2)11-10-6-4-5-8-7-9(8)10/h8-9H,3-7H2,1-2H3/b11-10-/t8-,9+/m0/s1. The van der Waals surface area contributed by atoms with Crippen molar-refractivity contribution in [1.29, 1.82) is 0 Å². The highest BCUT2D eigenvalue weighted by atomic mass is 15.4. The summed E-state index contributed by atoms with van der Waals surface area (Å²) in [6.07, 6.45) is 5.51. The Morgan fingerprint density at radius 1 is 1.58 bits per heavy atom. The molecule has 2 atom stereocenters. The minimum absolute atomic E-state index is 0.882. The summed E-state index contributed by atoms with van der Waals surface area (Å²) in [5.74, 6) is 1.90. The van der Waals surface area contributed by atoms with Crippen molar-refractivity contribution < 1.29 is 0 Å². The molecular weight excluding hydrogens is 148 g/mol. The Bertz CT molecular complexity index is 198. The lowest BCUT2D eigenvalue weighted by Gasteiger charge is -2.16. The van der Waals surface area contributed by atoms with Gasteiger partial charge in [-0.05, 0) is 38.5 Å². The lowest BCUT2D eigenvalue weighted by Crippen LogP contribution is -2.17. The van der Waals surface area contributed by atoms with Gasteiger partial charge < -0.3 is 5.01 Å². The number of rotatable bonds is 2. The van der Waals surface area contributed by atoms with E-state index in [0.29, 0.717) is 0 Å². The Balaban J connectivity index is 1.98. The van der Waals surface area contributed by atoms with Crippen molar-refractivity contribution in [3.8, 4) is 0 Å². The largest absolute Gasteiger partial charge is 0.300 e. The highest BCUT2D eigenvalue weighted by Crippen LogP contribution is 2.47. The molecule has 2 heteroatoms. The lowest BCUT2D eigenvalue weighted by molar-refractivity contribution is 0.370. The third-order valence-corrected chi connectivity index (χ3v) is 3.12. The van der Waals surface area contributed by atoms with E-state index in [0.717, 1.165) is 18.4 Å². The number of fused-ring (bicyclic) bond motifs is 1. The zero-order valence-electron chi connectivity index (χ0n) is 8.08. The van der Waals surface area contributed by atoms with Crippen molar-refractivity contribution in [3.05, 3.63) is 0 Å². The van der Waals surface area contributed by atoms with Crippen LogP contribution in [0.3, 0.4) is 0 Å². The smallest absolute Gasteiger partial charge is 0.0414 e. The maximum atomic E-state index is 4.63. The zero-order chi connectivity index (χ0) is 8.55. The van der Waals surface area contributed by atoms with E-state index in [1.807, 2.05) is 0 Å². The molecule has 0 aliphatic heterocycles. The van der Waals surface area contributed by atoms with Gasteiger partial charge in [0, 0.05) is 25.2 Å². The lowest BCUT2D eigenvalue weighted by atomic mass is 9.99. The molecule has 0 amide bonds. The molecule has 0 aromatic rings. The zero-order valence-corrected chi connectivity index (χ0v) is 8.08. The molecule has 0 heterocycles. The van der Waals surface area contributed by atoms with Gasteiger partial charge in [-0.3, -0.25) is 0 Å². The summed E-state index contributed by atoms with van der Waals surface area (Å²) >= 11 is 0. The molecule has 2 nitrogen and oxygen atoms in total. The molecule has 2 fully saturated rings. The van der Waals surface area contributed by atoms with Crippen LogP contribution in [0.2, 0.25) is 0 Å². The Kier molecular flexibility index (Phi) is 2.07. The summed E-state index contributed by atoms with van der Waals surface area (Å²) in [7, 11) is 2.07. The predicted molar refractivity (Wildman–Crippen MR) is 51.2 cm³/mol. The van der Waals surface area contributed by atoms with Crippen LogP contribution in [0.1, 0.15) is 32.6 Å². The van der Waals surface area contributed by atoms with Crippen LogP contribution >= 0.6 is 0 Å². The summed E-state index contributed by atoms with van der Waals surface area (Å²) in [5.41, 5.74) is 1.48. The quantitative estimate of drug-likeness (QED) is 0.574. The van der Waals surface area contributed by atoms with Crippen molar-refractivity contribution in [3.63, 3.8) is 0 Å². The fraction of sp³-hybridized carbons (Fsp3) is 0.900. The monoisotopic (exact) mass is 166 g/mol. The highest BCUT2D eigenvalue weighted by molar-refractivity contribution is 5.89. The summed E-state index contributed by atoms with van der Waals surface area (Å²) in [5, 5.41) is 6.69. The molecule has 2 aliphatic carbocycles. The van der Waals surface area contributed by atoms with Crippen molar-refractivity contribution in [2.45, 2.75) is 32.6 Å². The molecule has 2 saturated carbocycles. The van der Waals surface area contributed by atoms with Gasteiger partial charge in [0.1, 0.15) is 0 Å². The number of hydrogen-bond donors (Lipinski definition) is 0. The van der Waals surface area contributed by atoms with E-state index in [4.69, 9.17) is 0 Å². The molecule has 0 saturated heterocycles. The van der Waals surface area contributed by atoms with Crippen LogP contribution in [-0.2, 0) is 0 Å². The van der Waals surface area contributed by atoms with Crippen LogP contribution in [0.5, 0.6) is 0 Å². The van der Waals surface area contributed by atoms with Crippen molar-refractivity contribution >= 4 is 5.71 Å². The van der Waals surface area contributed by atoms with Gasteiger partial charge in [0.15, 0.2) is 0 Å². The molecule has 0 N–H and O–H groups in total. The Hall–Kier alpha value is -0.530. The van der Waals surface area contributed by atoms with Crippen LogP contribution in [0.15, 0.2) is 5.10 Å². The van der Waals surface area contributed by atoms with Gasteiger partial charge in [-0.25, -0.2) is 0 Å². The van der Waals surface area contributed by atoms with E-state index in [-0.39, 0.29) is 0 Å². The molecule has 0 aromatic heterocycles. The molecule has 0 spiro atoms. The third kappa shape index (κ3) is 1.47. The molecule has 12 heavy (non-hydrogen) atoms. The molecule has 0 bridgehead atoms. The second kappa shape index (κ2) is 3.08. The maximum absolute atomic E-state index is 4.63. The molecular formula is C10H18N2. The number of hydrazone groups is 1. The van der Waals surface area contributed by atoms with Crippen LogP contribution in [0, 0.1) is 11.8 Å². The molecule has 0 unspecified atom stereocenters. The van der Waals surface area contributed by atoms with E-state index < -0.39 is 0 Å². The Labute approximate surface area is 74.6 Å². The fourth-order valence-corrected chi connectivity index (χ4v) is 2.12. The fourth-order valence-electron chi connectivity index (χ4n) is 2.12. The SMILES string of the molecule is CCN(C)/N=C1/CCC[C@H]2C[C@@H]12. The van der Waals surface area contributed by atoms with Gasteiger partial charge in [-0.15, -0.1) is 0 Å². The first-order valence-electron chi connectivity index (χ1n) is 5.09. The summed E-state index contributed by atoms with van der Waals surface area (Å²) in [4.78, 5) is 0. The average molecular weight is 166 g/mol. The average Bonchev–Trinajstić information content (AvgIpc) is 2.84. The Morgan fingerprint density at radius 3 is 3.17 bits per heavy atom. The normalized spacial score (nSPS) is 36.3. The molecule has 68 valence electrons. The minimum Gasteiger partial charge on any atom is -0.300 e. The third-order valence-electron chi connectivity index (χ3n) is 3.12. The Morgan fingerprint density at radius 2 is 2.42 bits per heavy atom. The topological polar surface area (TPSA) is 15.6 Å². The second-order valence-electron chi connectivity index (χ2n) is 4.06. The maximum Gasteiger partial charge on any atom is 0.0414 e. The van der Waals surface area contributed by atoms with Crippen LogP contribution in [-0.4, -0.2) is 24.3 Å². The minimum atomic E-state index is 0.882. The van der Waals surface area contributed by atoms with Crippen molar-refractivity contribution in [1.82, 2.24) is 5.01 Å². The van der Waals surface area contributed by atoms with Gasteiger partial charge in [0.2, 0.25) is 0 Å². The van der Waals surface area contributed by atoms with Crippen LogP contribution in [0.25, 0.3) is 0 Å². The van der Waals surface area contributed by atoms with Gasteiger partial charge in [-0.2, -0.15) is 5.10 Å². The summed E-state index contributed by atoms with van der Waals surface area (Å²) in [6, 6.07) is 0. The van der Waals surface area contributed by atoms with E-state index in [1.165, 1.54) is 31.4 Å². The molecule has 0 aromatic carbocycles. The van der Waals surface area contributed by atoms with Gasteiger partial charge in [0.25, 0.3) is 0 Å². The van der Waals surface area contributed by atoms with Gasteiger partial charge in [-0.1, -0.05) is 0 Å². The predicted octanol–water partition coefficient (Wildman–Crippen LogP) is 2.11. The summed E-state index contributed by atoms with van der Waals surface area (Å²) < 4.78 is 0. The van der Waals surface area contributed by atoms with Crippen LogP contribution < -0.4 is 0 Å². The highest BCUT2D eigenvalue weighted by Gasteiger charge is 2.43. The van der Waals surface area contributed by atoms with E-state index in [1.54, 1.807) is 0 Å².